The molecule has 0 spiro atoms. The Bertz CT molecular complexity index is 293. The Labute approximate surface area is 82.0 Å². The second kappa shape index (κ2) is 4.29. The smallest absolute Gasteiger partial charge is 0.0646 e. The summed E-state index contributed by atoms with van der Waals surface area (Å²) in [7, 11) is -1.18. The number of rotatable bonds is 3. The Morgan fingerprint density at radius 1 is 1.23 bits per heavy atom. The Balaban J connectivity index is 2.65. The molecule has 1 heteroatoms. The van der Waals surface area contributed by atoms with Crippen molar-refractivity contribution in [2.24, 2.45) is 0 Å². The predicted octanol–water partition coefficient (Wildman–Crippen LogP) is 3.11. The van der Waals surface area contributed by atoms with Gasteiger partial charge in [0.05, 0.1) is 8.07 Å². The number of terminal acetylenes is 1. The SMILES string of the molecule is C#CC[Si](C)(C)Cc1ccccc1. The summed E-state index contributed by atoms with van der Waals surface area (Å²) >= 11 is 0. The maximum Gasteiger partial charge on any atom is 0.0646 e. The Morgan fingerprint density at radius 2 is 1.85 bits per heavy atom. The monoisotopic (exact) mass is 188 g/mol. The summed E-state index contributed by atoms with van der Waals surface area (Å²) in [4.78, 5) is 0. The molecule has 1 aromatic carbocycles. The molecule has 0 aromatic heterocycles. The van der Waals surface area contributed by atoms with E-state index in [0.717, 1.165) is 6.04 Å². The fourth-order valence-corrected chi connectivity index (χ4v) is 3.51. The van der Waals surface area contributed by atoms with Crippen LogP contribution in [0.5, 0.6) is 0 Å². The summed E-state index contributed by atoms with van der Waals surface area (Å²) < 4.78 is 0. The van der Waals surface area contributed by atoms with Gasteiger partial charge in [0.25, 0.3) is 0 Å². The van der Waals surface area contributed by atoms with E-state index in [1.54, 1.807) is 0 Å². The van der Waals surface area contributed by atoms with E-state index in [4.69, 9.17) is 6.42 Å². The summed E-state index contributed by atoms with van der Waals surface area (Å²) in [5, 5.41) is 0. The highest BCUT2D eigenvalue weighted by Gasteiger charge is 2.19. The van der Waals surface area contributed by atoms with Crippen LogP contribution in [-0.2, 0) is 6.04 Å². The van der Waals surface area contributed by atoms with Crippen LogP contribution in [0.2, 0.25) is 19.1 Å². The van der Waals surface area contributed by atoms with E-state index >= 15 is 0 Å². The molecule has 1 rings (SSSR count). The van der Waals surface area contributed by atoms with Crippen LogP contribution in [0.25, 0.3) is 0 Å². The van der Waals surface area contributed by atoms with Gasteiger partial charge < -0.3 is 0 Å². The molecule has 0 aliphatic carbocycles. The molecule has 0 nitrogen and oxygen atoms in total. The molecule has 13 heavy (non-hydrogen) atoms. The highest BCUT2D eigenvalue weighted by Crippen LogP contribution is 2.15. The molecule has 0 N–H and O–H groups in total. The Morgan fingerprint density at radius 3 is 2.38 bits per heavy atom. The fraction of sp³-hybridized carbons (Fsp3) is 0.333. The largest absolute Gasteiger partial charge is 0.120 e. The third kappa shape index (κ3) is 3.48. The maximum absolute atomic E-state index is 5.35. The molecule has 0 unspecified atom stereocenters. The normalized spacial score (nSPS) is 10.8. The highest BCUT2D eigenvalue weighted by atomic mass is 28.3. The summed E-state index contributed by atoms with van der Waals surface area (Å²) in [5.74, 6) is 2.79. The number of benzene rings is 1. The van der Waals surface area contributed by atoms with Crippen molar-refractivity contribution in [3.8, 4) is 12.3 Å². The van der Waals surface area contributed by atoms with Crippen molar-refractivity contribution in [3.63, 3.8) is 0 Å². The zero-order valence-electron chi connectivity index (χ0n) is 8.38. The van der Waals surface area contributed by atoms with Crippen molar-refractivity contribution in [2.45, 2.75) is 25.2 Å². The zero-order valence-corrected chi connectivity index (χ0v) is 9.38. The molecular formula is C12H16Si. The fourth-order valence-electron chi connectivity index (χ4n) is 1.49. The van der Waals surface area contributed by atoms with Gasteiger partial charge in [-0.2, -0.15) is 0 Å². The topological polar surface area (TPSA) is 0 Å². The predicted molar refractivity (Wildman–Crippen MR) is 61.3 cm³/mol. The first-order valence-electron chi connectivity index (χ1n) is 4.61. The molecule has 68 valence electrons. The van der Waals surface area contributed by atoms with E-state index in [1.165, 1.54) is 11.6 Å². The molecule has 0 saturated heterocycles. The summed E-state index contributed by atoms with van der Waals surface area (Å²) in [6.07, 6.45) is 5.35. The van der Waals surface area contributed by atoms with Crippen molar-refractivity contribution in [1.29, 1.82) is 0 Å². The van der Waals surface area contributed by atoms with Gasteiger partial charge in [-0.15, -0.1) is 12.3 Å². The van der Waals surface area contributed by atoms with Gasteiger partial charge in [0.2, 0.25) is 0 Å². The summed E-state index contributed by atoms with van der Waals surface area (Å²) in [5.41, 5.74) is 1.43. The summed E-state index contributed by atoms with van der Waals surface area (Å²) in [6, 6.07) is 12.8. The van der Waals surface area contributed by atoms with Gasteiger partial charge in [-0.3, -0.25) is 0 Å². The molecular weight excluding hydrogens is 172 g/mol. The number of hydrogen-bond donors (Lipinski definition) is 0. The minimum absolute atomic E-state index is 0.974. The Kier molecular flexibility index (Phi) is 3.33. The van der Waals surface area contributed by atoms with E-state index in [0.29, 0.717) is 0 Å². The molecule has 0 saturated carbocycles. The minimum atomic E-state index is -1.18. The second-order valence-corrected chi connectivity index (χ2v) is 9.24. The molecule has 0 bridgehead atoms. The molecule has 1 aromatic rings. The van der Waals surface area contributed by atoms with Gasteiger partial charge in [0, 0.05) is 6.04 Å². The van der Waals surface area contributed by atoms with Crippen molar-refractivity contribution >= 4 is 8.07 Å². The first-order valence-corrected chi connectivity index (χ1v) is 8.03. The van der Waals surface area contributed by atoms with Crippen LogP contribution in [0.1, 0.15) is 5.56 Å². The van der Waals surface area contributed by atoms with Crippen LogP contribution in [0.15, 0.2) is 30.3 Å². The van der Waals surface area contributed by atoms with Crippen LogP contribution in [-0.4, -0.2) is 8.07 Å². The molecule has 0 aliphatic rings. The van der Waals surface area contributed by atoms with Gasteiger partial charge in [-0.1, -0.05) is 49.0 Å². The molecule has 0 atom stereocenters. The lowest BCUT2D eigenvalue weighted by Crippen LogP contribution is -2.28. The van der Waals surface area contributed by atoms with Gasteiger partial charge in [0.1, 0.15) is 0 Å². The van der Waals surface area contributed by atoms with Crippen molar-refractivity contribution in [2.75, 3.05) is 0 Å². The first kappa shape index (κ1) is 10.1. The molecule has 0 fully saturated rings. The average molecular weight is 188 g/mol. The van der Waals surface area contributed by atoms with Crippen LogP contribution < -0.4 is 0 Å². The van der Waals surface area contributed by atoms with Gasteiger partial charge >= 0.3 is 0 Å². The first-order chi connectivity index (χ1) is 6.14. The van der Waals surface area contributed by atoms with Crippen LogP contribution in [0.4, 0.5) is 0 Å². The highest BCUT2D eigenvalue weighted by molar-refractivity contribution is 6.77. The van der Waals surface area contributed by atoms with E-state index in [-0.39, 0.29) is 0 Å². The summed E-state index contributed by atoms with van der Waals surface area (Å²) in [6.45, 7) is 4.69. The lowest BCUT2D eigenvalue weighted by molar-refractivity contribution is 1.28. The third-order valence-corrected chi connectivity index (χ3v) is 4.63. The van der Waals surface area contributed by atoms with E-state index in [2.05, 4.69) is 49.3 Å². The van der Waals surface area contributed by atoms with Crippen molar-refractivity contribution < 1.29 is 0 Å². The number of hydrogen-bond acceptors (Lipinski definition) is 0. The second-order valence-electron chi connectivity index (χ2n) is 4.21. The molecule has 0 amide bonds. The van der Waals surface area contributed by atoms with E-state index < -0.39 is 8.07 Å². The minimum Gasteiger partial charge on any atom is -0.120 e. The van der Waals surface area contributed by atoms with Gasteiger partial charge in [-0.25, -0.2) is 0 Å². The molecule has 0 heterocycles. The van der Waals surface area contributed by atoms with Crippen LogP contribution in [0.3, 0.4) is 0 Å². The van der Waals surface area contributed by atoms with Gasteiger partial charge in [0.15, 0.2) is 0 Å². The lowest BCUT2D eigenvalue weighted by atomic mass is 10.2. The van der Waals surface area contributed by atoms with E-state index in [9.17, 15) is 0 Å². The van der Waals surface area contributed by atoms with Crippen molar-refractivity contribution in [3.05, 3.63) is 35.9 Å². The Hall–Kier alpha value is -1.00. The third-order valence-electron chi connectivity index (χ3n) is 2.11. The average Bonchev–Trinajstić information content (AvgIpc) is 2.04. The van der Waals surface area contributed by atoms with Crippen molar-refractivity contribution in [1.82, 2.24) is 0 Å². The van der Waals surface area contributed by atoms with Gasteiger partial charge in [-0.05, 0) is 6.04 Å². The zero-order chi connectivity index (χ0) is 9.73. The maximum atomic E-state index is 5.35. The van der Waals surface area contributed by atoms with Crippen LogP contribution in [0, 0.1) is 12.3 Å². The van der Waals surface area contributed by atoms with E-state index in [1.807, 2.05) is 0 Å². The molecule has 0 aliphatic heterocycles. The van der Waals surface area contributed by atoms with Crippen LogP contribution >= 0.6 is 0 Å². The standard InChI is InChI=1S/C12H16Si/c1-4-10-13(2,3)11-12-8-6-5-7-9-12/h1,5-9H,10-11H2,2-3H3. The quantitative estimate of drug-likeness (QED) is 0.505. The lowest BCUT2D eigenvalue weighted by Gasteiger charge is -2.19. The molecule has 0 radical (unpaired) electrons.